The number of anilines is 2. The van der Waals surface area contributed by atoms with Crippen molar-refractivity contribution in [2.24, 2.45) is 0 Å². The van der Waals surface area contributed by atoms with Crippen molar-refractivity contribution in [2.75, 3.05) is 5.32 Å². The van der Waals surface area contributed by atoms with Crippen LogP contribution >= 0.6 is 0 Å². The Labute approximate surface area is 217 Å². The number of aryl methyl sites for hydroxylation is 3. The van der Waals surface area contributed by atoms with Crippen molar-refractivity contribution < 1.29 is 17.7 Å². The van der Waals surface area contributed by atoms with E-state index in [4.69, 9.17) is 4.74 Å². The number of hydrogen-bond donors (Lipinski definition) is 2. The van der Waals surface area contributed by atoms with Gasteiger partial charge >= 0.3 is 0 Å². The van der Waals surface area contributed by atoms with Gasteiger partial charge in [0.25, 0.3) is 10.1 Å². The summed E-state index contributed by atoms with van der Waals surface area (Å²) in [6.07, 6.45) is 1.81. The van der Waals surface area contributed by atoms with Crippen molar-refractivity contribution in [1.29, 1.82) is 0 Å². The third kappa shape index (κ3) is 4.66. The third-order valence-corrected chi connectivity index (χ3v) is 7.61. The molecule has 2 N–H and O–H groups in total. The van der Waals surface area contributed by atoms with Crippen LogP contribution in [0.5, 0.6) is 11.5 Å². The predicted octanol–water partition coefficient (Wildman–Crippen LogP) is 5.87. The predicted molar refractivity (Wildman–Crippen MR) is 149 cm³/mol. The highest BCUT2D eigenvalue weighted by molar-refractivity contribution is 7.86. The number of fused-ring (bicyclic) bond motifs is 2. The van der Waals surface area contributed by atoms with Gasteiger partial charge in [0.1, 0.15) is 16.4 Å². The lowest BCUT2D eigenvalue weighted by Gasteiger charge is -2.23. The number of hydrogen-bond acceptors (Lipinski definition) is 4. The summed E-state index contributed by atoms with van der Waals surface area (Å²) in [4.78, 5) is -0.149. The van der Waals surface area contributed by atoms with Crippen molar-refractivity contribution >= 4 is 33.6 Å². The van der Waals surface area contributed by atoms with Crippen LogP contribution in [0.3, 0.4) is 0 Å². The molecule has 5 rings (SSSR count). The molecule has 0 aromatic heterocycles. The first-order valence-electron chi connectivity index (χ1n) is 12.3. The van der Waals surface area contributed by atoms with Crippen molar-refractivity contribution in [3.63, 3.8) is 0 Å². The van der Waals surface area contributed by atoms with Gasteiger partial charge in [-0.05, 0) is 60.4 Å². The van der Waals surface area contributed by atoms with Gasteiger partial charge in [-0.15, -0.1) is 0 Å². The minimum absolute atomic E-state index is 0.149. The van der Waals surface area contributed by atoms with Gasteiger partial charge in [0.15, 0.2) is 0 Å². The summed E-state index contributed by atoms with van der Waals surface area (Å²) < 4.78 is 40.8. The van der Waals surface area contributed by atoms with Gasteiger partial charge in [0.2, 0.25) is 0 Å². The standard InChI is InChI=1S/C31H29NO4S/c1-5-21-15-20(4)16-22(6-2)31(21)32-23-12-14-25-28(18-23)36-27-17-19(3)11-13-24(27)30(25)26-9-7-8-10-29(26)37(33,34)35/h7-18,32H,3,5-6H2,1-2,4H3,(H,33,34,35). The van der Waals surface area contributed by atoms with Crippen molar-refractivity contribution in [3.05, 3.63) is 111 Å². The Hall–Kier alpha value is -3.87. The van der Waals surface area contributed by atoms with Gasteiger partial charge in [0, 0.05) is 39.4 Å². The SMILES string of the molecule is C=c1ccc2c(c1)Oc1cc(Nc3c(CC)cc(C)cc3CC)ccc1C=2c1ccccc1S(=O)(=O)O. The smallest absolute Gasteiger partial charge is 0.295 e. The first kappa shape index (κ1) is 24.8. The van der Waals surface area contributed by atoms with E-state index in [0.717, 1.165) is 40.2 Å². The molecule has 37 heavy (non-hydrogen) atoms. The number of benzene rings is 4. The summed E-state index contributed by atoms with van der Waals surface area (Å²) in [5.41, 5.74) is 7.53. The van der Waals surface area contributed by atoms with Crippen LogP contribution in [-0.4, -0.2) is 13.0 Å². The van der Waals surface area contributed by atoms with E-state index in [0.29, 0.717) is 22.6 Å². The Bertz CT molecular complexity index is 1730. The minimum Gasteiger partial charge on any atom is -0.456 e. The van der Waals surface area contributed by atoms with E-state index in [-0.39, 0.29) is 4.90 Å². The number of rotatable bonds is 6. The first-order valence-corrected chi connectivity index (χ1v) is 13.8. The molecular weight excluding hydrogens is 482 g/mol. The van der Waals surface area contributed by atoms with Gasteiger partial charge in [-0.1, -0.05) is 68.5 Å². The summed E-state index contributed by atoms with van der Waals surface area (Å²) in [6.45, 7) is 10.4. The fourth-order valence-corrected chi connectivity index (χ4v) is 5.70. The molecule has 5 nitrogen and oxygen atoms in total. The largest absolute Gasteiger partial charge is 0.456 e. The topological polar surface area (TPSA) is 75.6 Å². The molecule has 188 valence electrons. The molecule has 6 heteroatoms. The van der Waals surface area contributed by atoms with Crippen LogP contribution in [0.15, 0.2) is 77.7 Å². The highest BCUT2D eigenvalue weighted by atomic mass is 32.2. The molecule has 4 aromatic carbocycles. The second-order valence-corrected chi connectivity index (χ2v) is 10.7. The maximum absolute atomic E-state index is 12.3. The first-order chi connectivity index (χ1) is 17.7. The average molecular weight is 512 g/mol. The molecule has 4 aromatic rings. The Balaban J connectivity index is 1.71. The lowest BCUT2D eigenvalue weighted by Crippen LogP contribution is -2.20. The molecule has 0 radical (unpaired) electrons. The van der Waals surface area contributed by atoms with E-state index < -0.39 is 10.1 Å². The summed E-state index contributed by atoms with van der Waals surface area (Å²) in [6, 6.07) is 22.3. The second kappa shape index (κ2) is 9.54. The van der Waals surface area contributed by atoms with Crippen LogP contribution in [0.25, 0.3) is 12.2 Å². The van der Waals surface area contributed by atoms with Crippen LogP contribution in [-0.2, 0) is 23.0 Å². The van der Waals surface area contributed by atoms with Crippen LogP contribution in [0.1, 0.15) is 41.7 Å². The highest BCUT2D eigenvalue weighted by Gasteiger charge is 2.25. The van der Waals surface area contributed by atoms with Crippen LogP contribution < -0.4 is 20.5 Å². The zero-order valence-electron chi connectivity index (χ0n) is 21.1. The van der Waals surface area contributed by atoms with E-state index in [9.17, 15) is 13.0 Å². The third-order valence-electron chi connectivity index (χ3n) is 6.70. The zero-order chi connectivity index (χ0) is 26.3. The quantitative estimate of drug-likeness (QED) is 0.279. The van der Waals surface area contributed by atoms with Crippen molar-refractivity contribution in [2.45, 2.75) is 38.5 Å². The molecule has 0 saturated heterocycles. The molecule has 1 aliphatic heterocycles. The molecule has 0 spiro atoms. The van der Waals surface area contributed by atoms with E-state index in [1.807, 2.05) is 36.4 Å². The van der Waals surface area contributed by atoms with Gasteiger partial charge in [-0.2, -0.15) is 8.42 Å². The van der Waals surface area contributed by atoms with Crippen LogP contribution in [0, 0.1) is 6.92 Å². The Kier molecular flexibility index (Phi) is 6.40. The molecule has 0 amide bonds. The van der Waals surface area contributed by atoms with Gasteiger partial charge in [-0.3, -0.25) is 4.55 Å². The minimum atomic E-state index is -4.45. The maximum Gasteiger partial charge on any atom is 0.295 e. The molecule has 1 aliphatic rings. The maximum atomic E-state index is 12.3. The lowest BCUT2D eigenvalue weighted by atomic mass is 9.92. The molecule has 0 saturated carbocycles. The fourth-order valence-electron chi connectivity index (χ4n) is 5.01. The van der Waals surface area contributed by atoms with E-state index in [1.165, 1.54) is 22.8 Å². The number of ether oxygens (including phenoxy) is 1. The van der Waals surface area contributed by atoms with Crippen LogP contribution in [0.2, 0.25) is 0 Å². The molecule has 1 heterocycles. The van der Waals surface area contributed by atoms with Gasteiger partial charge in [-0.25, -0.2) is 0 Å². The van der Waals surface area contributed by atoms with E-state index in [2.05, 4.69) is 44.8 Å². The summed E-state index contributed by atoms with van der Waals surface area (Å²) in [5, 5.41) is 5.12. The van der Waals surface area contributed by atoms with E-state index >= 15 is 0 Å². The molecular formula is C31H29NO4S. The zero-order valence-corrected chi connectivity index (χ0v) is 21.9. The number of nitrogens with one attached hydrogen (secondary N) is 1. The second-order valence-electron chi connectivity index (χ2n) is 9.28. The Morgan fingerprint density at radius 1 is 0.865 bits per heavy atom. The Morgan fingerprint density at radius 3 is 2.24 bits per heavy atom. The molecule has 0 fully saturated rings. The van der Waals surface area contributed by atoms with Gasteiger partial charge in [0.05, 0.1) is 0 Å². The van der Waals surface area contributed by atoms with Crippen LogP contribution in [0.4, 0.5) is 11.4 Å². The molecule has 0 atom stereocenters. The lowest BCUT2D eigenvalue weighted by molar-refractivity contribution is 0.471. The summed E-state index contributed by atoms with van der Waals surface area (Å²) >= 11 is 0. The van der Waals surface area contributed by atoms with Crippen molar-refractivity contribution in [1.82, 2.24) is 0 Å². The summed E-state index contributed by atoms with van der Waals surface area (Å²) in [7, 11) is -4.45. The summed E-state index contributed by atoms with van der Waals surface area (Å²) in [5.74, 6) is 1.17. The molecule has 0 aliphatic carbocycles. The van der Waals surface area contributed by atoms with Crippen molar-refractivity contribution in [3.8, 4) is 11.5 Å². The normalized spacial score (nSPS) is 12.5. The fraction of sp³-hybridized carbons (Fsp3) is 0.161. The van der Waals surface area contributed by atoms with E-state index in [1.54, 1.807) is 18.2 Å². The average Bonchev–Trinajstić information content (AvgIpc) is 2.87. The van der Waals surface area contributed by atoms with Gasteiger partial charge < -0.3 is 10.1 Å². The Morgan fingerprint density at radius 2 is 1.57 bits per heavy atom. The molecule has 0 bridgehead atoms. The highest BCUT2D eigenvalue weighted by Crippen LogP contribution is 2.40. The monoisotopic (exact) mass is 511 g/mol. The molecule has 0 unspecified atom stereocenters.